The van der Waals surface area contributed by atoms with Gasteiger partial charge in [-0.15, -0.1) is 0 Å². The van der Waals surface area contributed by atoms with Crippen molar-refractivity contribution in [3.8, 4) is 0 Å². The van der Waals surface area contributed by atoms with Crippen LogP contribution in [0.5, 0.6) is 0 Å². The van der Waals surface area contributed by atoms with E-state index < -0.39 is 6.10 Å². The number of rotatable bonds is 4. The molecule has 1 aliphatic rings. The van der Waals surface area contributed by atoms with E-state index in [1.54, 1.807) is 0 Å². The quantitative estimate of drug-likeness (QED) is 0.805. The van der Waals surface area contributed by atoms with Crippen LogP contribution in [-0.4, -0.2) is 29.6 Å². The smallest absolute Gasteiger partial charge is 0.101 e. The van der Waals surface area contributed by atoms with Crippen LogP contribution in [0.1, 0.15) is 30.9 Å². The van der Waals surface area contributed by atoms with Gasteiger partial charge in [0.1, 0.15) is 6.10 Å². The van der Waals surface area contributed by atoms with E-state index in [9.17, 15) is 5.11 Å². The van der Waals surface area contributed by atoms with Crippen LogP contribution in [0.2, 0.25) is 0 Å². The molecule has 1 atom stereocenters. The molecule has 1 aromatic carbocycles. The van der Waals surface area contributed by atoms with Crippen LogP contribution >= 0.6 is 0 Å². The molecule has 92 valence electrons. The number of nitrogens with zero attached hydrogens (tertiary/aromatic N) is 1. The van der Waals surface area contributed by atoms with Gasteiger partial charge in [0.25, 0.3) is 0 Å². The highest BCUT2D eigenvalue weighted by atomic mass is 16.3. The second-order valence-corrected chi connectivity index (χ2v) is 4.81. The van der Waals surface area contributed by atoms with Crippen molar-refractivity contribution >= 4 is 0 Å². The highest BCUT2D eigenvalue weighted by molar-refractivity contribution is 5.25. The van der Waals surface area contributed by atoms with Gasteiger partial charge >= 0.3 is 0 Å². The van der Waals surface area contributed by atoms with Crippen LogP contribution in [0.25, 0.3) is 0 Å². The Labute approximate surface area is 104 Å². The summed E-state index contributed by atoms with van der Waals surface area (Å²) in [6.07, 6.45) is 3.35. The van der Waals surface area contributed by atoms with Crippen molar-refractivity contribution in [2.45, 2.75) is 25.4 Å². The Morgan fingerprint density at radius 1 is 1.18 bits per heavy atom. The molecular formula is C15H21NO. The zero-order chi connectivity index (χ0) is 12.1. The summed E-state index contributed by atoms with van der Waals surface area (Å²) in [6.45, 7) is 7.13. The van der Waals surface area contributed by atoms with Gasteiger partial charge in [-0.2, -0.15) is 0 Å². The monoisotopic (exact) mass is 231 g/mol. The first kappa shape index (κ1) is 12.3. The van der Waals surface area contributed by atoms with Crippen molar-refractivity contribution < 1.29 is 5.11 Å². The number of likely N-dealkylation sites (tertiary alicyclic amines) is 1. The van der Waals surface area contributed by atoms with Crippen LogP contribution in [0, 0.1) is 0 Å². The Morgan fingerprint density at radius 2 is 1.82 bits per heavy atom. The van der Waals surface area contributed by atoms with Crippen LogP contribution < -0.4 is 0 Å². The number of hydrogen-bond acceptors (Lipinski definition) is 2. The standard InChI is InChI=1S/C15H21NO/c1-13(12-16-10-6-3-7-11-16)15(17)14-8-4-2-5-9-14/h2,4-5,8-9,15,17H,1,3,6-7,10-12H2. The lowest BCUT2D eigenvalue weighted by Gasteiger charge is -2.28. The molecule has 1 aliphatic heterocycles. The number of piperidine rings is 1. The summed E-state index contributed by atoms with van der Waals surface area (Å²) < 4.78 is 0. The van der Waals surface area contributed by atoms with Gasteiger partial charge in [0, 0.05) is 6.54 Å². The maximum absolute atomic E-state index is 10.2. The Hall–Kier alpha value is -1.12. The van der Waals surface area contributed by atoms with Gasteiger partial charge in [-0.25, -0.2) is 0 Å². The van der Waals surface area contributed by atoms with E-state index in [4.69, 9.17) is 0 Å². The van der Waals surface area contributed by atoms with E-state index in [1.807, 2.05) is 30.3 Å². The van der Waals surface area contributed by atoms with Crippen molar-refractivity contribution in [3.05, 3.63) is 48.0 Å². The topological polar surface area (TPSA) is 23.5 Å². The van der Waals surface area contributed by atoms with E-state index in [0.717, 1.165) is 30.8 Å². The third-order valence-electron chi connectivity index (χ3n) is 3.38. The predicted octanol–water partition coefficient (Wildman–Crippen LogP) is 2.76. The molecule has 2 rings (SSSR count). The van der Waals surface area contributed by atoms with Crippen molar-refractivity contribution in [1.29, 1.82) is 0 Å². The minimum absolute atomic E-state index is 0.530. The molecule has 1 unspecified atom stereocenters. The lowest BCUT2D eigenvalue weighted by atomic mass is 10.0. The summed E-state index contributed by atoms with van der Waals surface area (Å²) in [5.41, 5.74) is 1.84. The molecule has 0 saturated carbocycles. The third kappa shape index (κ3) is 3.42. The number of benzene rings is 1. The second-order valence-electron chi connectivity index (χ2n) is 4.81. The SMILES string of the molecule is C=C(CN1CCCCC1)C(O)c1ccccc1. The largest absolute Gasteiger partial charge is 0.384 e. The number of aliphatic hydroxyl groups excluding tert-OH is 1. The molecule has 0 bridgehead atoms. The maximum atomic E-state index is 10.2. The Morgan fingerprint density at radius 3 is 2.47 bits per heavy atom. The minimum atomic E-state index is -0.530. The van der Waals surface area contributed by atoms with Crippen molar-refractivity contribution in [2.24, 2.45) is 0 Å². The van der Waals surface area contributed by atoms with Gasteiger partial charge in [-0.05, 0) is 37.1 Å². The summed E-state index contributed by atoms with van der Waals surface area (Å²) >= 11 is 0. The molecule has 0 spiro atoms. The summed E-state index contributed by atoms with van der Waals surface area (Å²) in [7, 11) is 0. The average molecular weight is 231 g/mol. The molecule has 17 heavy (non-hydrogen) atoms. The molecule has 1 N–H and O–H groups in total. The molecule has 1 aromatic rings. The first-order valence-electron chi connectivity index (χ1n) is 6.40. The van der Waals surface area contributed by atoms with E-state index in [2.05, 4.69) is 11.5 Å². The molecule has 0 amide bonds. The molecule has 2 nitrogen and oxygen atoms in total. The Balaban J connectivity index is 1.91. The molecule has 0 aromatic heterocycles. The second kappa shape index (κ2) is 5.99. The van der Waals surface area contributed by atoms with Crippen LogP contribution in [-0.2, 0) is 0 Å². The number of aliphatic hydroxyl groups is 1. The van der Waals surface area contributed by atoms with E-state index >= 15 is 0 Å². The fourth-order valence-corrected chi connectivity index (χ4v) is 2.36. The highest BCUT2D eigenvalue weighted by Gasteiger charge is 2.16. The zero-order valence-electron chi connectivity index (χ0n) is 10.3. The van der Waals surface area contributed by atoms with E-state index in [0.29, 0.717) is 0 Å². The van der Waals surface area contributed by atoms with Gasteiger partial charge in [0.05, 0.1) is 0 Å². The predicted molar refractivity (Wildman–Crippen MR) is 70.8 cm³/mol. The first-order valence-corrected chi connectivity index (χ1v) is 6.40. The lowest BCUT2D eigenvalue weighted by Crippen LogP contribution is -2.32. The molecule has 2 heteroatoms. The van der Waals surface area contributed by atoms with Gasteiger partial charge in [-0.3, -0.25) is 4.90 Å². The van der Waals surface area contributed by atoms with Crippen LogP contribution in [0.4, 0.5) is 0 Å². The summed E-state index contributed by atoms with van der Waals surface area (Å²) in [5, 5.41) is 10.2. The van der Waals surface area contributed by atoms with Crippen LogP contribution in [0.15, 0.2) is 42.5 Å². The average Bonchev–Trinajstić information content (AvgIpc) is 2.40. The Bertz CT molecular complexity index is 354. The molecule has 1 saturated heterocycles. The van der Waals surface area contributed by atoms with Gasteiger partial charge in [0.15, 0.2) is 0 Å². The third-order valence-corrected chi connectivity index (χ3v) is 3.38. The van der Waals surface area contributed by atoms with Crippen molar-refractivity contribution in [1.82, 2.24) is 4.90 Å². The normalized spacial score (nSPS) is 18.9. The van der Waals surface area contributed by atoms with E-state index in [-0.39, 0.29) is 0 Å². The van der Waals surface area contributed by atoms with E-state index in [1.165, 1.54) is 19.3 Å². The van der Waals surface area contributed by atoms with Gasteiger partial charge in [-0.1, -0.05) is 43.3 Å². The summed E-state index contributed by atoms with van der Waals surface area (Å²) in [6, 6.07) is 9.77. The minimum Gasteiger partial charge on any atom is -0.384 e. The summed E-state index contributed by atoms with van der Waals surface area (Å²) in [5.74, 6) is 0. The molecule has 0 radical (unpaired) electrons. The maximum Gasteiger partial charge on any atom is 0.101 e. The highest BCUT2D eigenvalue weighted by Crippen LogP contribution is 2.21. The van der Waals surface area contributed by atoms with Gasteiger partial charge in [0.2, 0.25) is 0 Å². The zero-order valence-corrected chi connectivity index (χ0v) is 10.3. The Kier molecular flexibility index (Phi) is 4.35. The summed E-state index contributed by atoms with van der Waals surface area (Å²) in [4.78, 5) is 2.39. The lowest BCUT2D eigenvalue weighted by molar-refractivity contribution is 0.184. The fourth-order valence-electron chi connectivity index (χ4n) is 2.36. The van der Waals surface area contributed by atoms with Crippen molar-refractivity contribution in [2.75, 3.05) is 19.6 Å². The molecule has 1 heterocycles. The fraction of sp³-hybridized carbons (Fsp3) is 0.467. The number of hydrogen-bond donors (Lipinski definition) is 1. The van der Waals surface area contributed by atoms with Gasteiger partial charge < -0.3 is 5.11 Å². The first-order chi connectivity index (χ1) is 8.27. The van der Waals surface area contributed by atoms with Crippen molar-refractivity contribution in [3.63, 3.8) is 0 Å². The molecular weight excluding hydrogens is 210 g/mol. The molecule has 1 fully saturated rings. The van der Waals surface area contributed by atoms with Crippen LogP contribution in [0.3, 0.4) is 0 Å². The molecule has 0 aliphatic carbocycles.